The van der Waals surface area contributed by atoms with Crippen LogP contribution in [0.2, 0.25) is 0 Å². The number of halogens is 1. The third-order valence-electron chi connectivity index (χ3n) is 3.94. The van der Waals surface area contributed by atoms with Gasteiger partial charge in [0.2, 0.25) is 0 Å². The van der Waals surface area contributed by atoms with E-state index in [2.05, 4.69) is 36.3 Å². The fourth-order valence-corrected chi connectivity index (χ4v) is 3.20. The highest BCUT2D eigenvalue weighted by molar-refractivity contribution is 9.10. The van der Waals surface area contributed by atoms with Gasteiger partial charge >= 0.3 is 0 Å². The minimum Gasteiger partial charge on any atom is -0.307 e. The van der Waals surface area contributed by atoms with Gasteiger partial charge in [0.1, 0.15) is 5.65 Å². The number of imidazole rings is 1. The van der Waals surface area contributed by atoms with Crippen molar-refractivity contribution in [3.8, 4) is 11.3 Å². The van der Waals surface area contributed by atoms with Gasteiger partial charge in [0, 0.05) is 66.7 Å². The van der Waals surface area contributed by atoms with Crippen molar-refractivity contribution in [3.63, 3.8) is 0 Å². The number of pyridine rings is 2. The summed E-state index contributed by atoms with van der Waals surface area (Å²) in [7, 11) is 1.94. The minimum atomic E-state index is 0.698. The lowest BCUT2D eigenvalue weighted by atomic mass is 10.1. The number of aryl methyl sites for hydroxylation is 1. The van der Waals surface area contributed by atoms with E-state index in [1.807, 2.05) is 59.0 Å². The highest BCUT2D eigenvalue weighted by Crippen LogP contribution is 2.21. The second kappa shape index (κ2) is 6.78. The van der Waals surface area contributed by atoms with Gasteiger partial charge in [-0.2, -0.15) is 5.10 Å². The topological polar surface area (TPSA) is 60.0 Å². The summed E-state index contributed by atoms with van der Waals surface area (Å²) in [6.07, 6.45) is 9.67. The SMILES string of the molecule is Cn1cc(CNCc2cn3cc(Br)ccc3n2)c(-c2ccncc2)n1. The Bertz CT molecular complexity index is 1010. The molecule has 1 N–H and O–H groups in total. The van der Waals surface area contributed by atoms with Crippen LogP contribution in [0.25, 0.3) is 16.9 Å². The maximum Gasteiger partial charge on any atom is 0.137 e. The highest BCUT2D eigenvalue weighted by atomic mass is 79.9. The molecule has 0 fully saturated rings. The van der Waals surface area contributed by atoms with Crippen LogP contribution in [0, 0.1) is 0 Å². The third kappa shape index (κ3) is 3.47. The molecule has 0 aliphatic heterocycles. The van der Waals surface area contributed by atoms with Crippen LogP contribution < -0.4 is 5.32 Å². The van der Waals surface area contributed by atoms with Crippen LogP contribution >= 0.6 is 15.9 Å². The fourth-order valence-electron chi connectivity index (χ4n) is 2.85. The summed E-state index contributed by atoms with van der Waals surface area (Å²) in [5.74, 6) is 0. The predicted molar refractivity (Wildman–Crippen MR) is 99.9 cm³/mol. The van der Waals surface area contributed by atoms with E-state index in [0.717, 1.165) is 39.2 Å². The molecule has 0 amide bonds. The van der Waals surface area contributed by atoms with Gasteiger partial charge in [-0.15, -0.1) is 0 Å². The lowest BCUT2D eigenvalue weighted by molar-refractivity contribution is 0.682. The molecule has 126 valence electrons. The smallest absolute Gasteiger partial charge is 0.137 e. The van der Waals surface area contributed by atoms with Crippen molar-refractivity contribution in [2.75, 3.05) is 0 Å². The molecular formula is C18H17BrN6. The molecule has 0 bridgehead atoms. The van der Waals surface area contributed by atoms with Crippen LogP contribution in [0.1, 0.15) is 11.3 Å². The summed E-state index contributed by atoms with van der Waals surface area (Å²) in [6.45, 7) is 1.42. The molecule has 0 radical (unpaired) electrons. The van der Waals surface area contributed by atoms with Crippen molar-refractivity contribution in [2.45, 2.75) is 13.1 Å². The molecule has 0 aliphatic carbocycles. The van der Waals surface area contributed by atoms with Gasteiger partial charge in [-0.05, 0) is 40.2 Å². The fraction of sp³-hybridized carbons (Fsp3) is 0.167. The first-order valence-electron chi connectivity index (χ1n) is 7.96. The van der Waals surface area contributed by atoms with Crippen molar-refractivity contribution in [1.82, 2.24) is 29.5 Å². The third-order valence-corrected chi connectivity index (χ3v) is 4.41. The predicted octanol–water partition coefficient (Wildman–Crippen LogP) is 3.18. The van der Waals surface area contributed by atoms with Crippen LogP contribution in [0.3, 0.4) is 0 Å². The lowest BCUT2D eigenvalue weighted by Gasteiger charge is -2.03. The van der Waals surface area contributed by atoms with E-state index in [1.165, 1.54) is 0 Å². The number of nitrogens with one attached hydrogen (secondary N) is 1. The van der Waals surface area contributed by atoms with Crippen LogP contribution in [0.15, 0.2) is 59.7 Å². The van der Waals surface area contributed by atoms with E-state index in [-0.39, 0.29) is 0 Å². The standard InChI is InChI=1S/C18H17BrN6/c1-24-10-14(18(23-24)13-4-6-20-7-5-13)8-21-9-16-12-25-11-15(19)2-3-17(25)22-16/h2-7,10-12,21H,8-9H2,1H3. The molecule has 7 heteroatoms. The number of hydrogen-bond donors (Lipinski definition) is 1. The van der Waals surface area contributed by atoms with Gasteiger partial charge in [-0.3, -0.25) is 9.67 Å². The minimum absolute atomic E-state index is 0.698. The molecule has 0 aliphatic rings. The maximum absolute atomic E-state index is 4.62. The molecule has 0 spiro atoms. The largest absolute Gasteiger partial charge is 0.307 e. The lowest BCUT2D eigenvalue weighted by Crippen LogP contribution is -2.13. The second-order valence-electron chi connectivity index (χ2n) is 5.86. The van der Waals surface area contributed by atoms with Crippen molar-refractivity contribution in [3.05, 3.63) is 71.0 Å². The Morgan fingerprint density at radius 2 is 1.88 bits per heavy atom. The molecule has 6 nitrogen and oxygen atoms in total. The Morgan fingerprint density at radius 3 is 2.72 bits per heavy atom. The Balaban J connectivity index is 1.48. The van der Waals surface area contributed by atoms with Gasteiger partial charge in [0.05, 0.1) is 11.4 Å². The summed E-state index contributed by atoms with van der Waals surface area (Å²) >= 11 is 3.48. The molecule has 0 saturated carbocycles. The Morgan fingerprint density at radius 1 is 1.04 bits per heavy atom. The molecule has 4 aromatic rings. The second-order valence-corrected chi connectivity index (χ2v) is 6.78. The number of nitrogens with zero attached hydrogens (tertiary/aromatic N) is 5. The average Bonchev–Trinajstić information content (AvgIpc) is 3.18. The first-order valence-corrected chi connectivity index (χ1v) is 8.75. The van der Waals surface area contributed by atoms with Gasteiger partial charge in [0.25, 0.3) is 0 Å². The molecule has 4 heterocycles. The normalized spacial score (nSPS) is 11.3. The molecule has 0 atom stereocenters. The summed E-state index contributed by atoms with van der Waals surface area (Å²) < 4.78 is 4.90. The monoisotopic (exact) mass is 396 g/mol. The van der Waals surface area contributed by atoms with Gasteiger partial charge in [-0.1, -0.05) is 0 Å². The molecule has 0 aromatic carbocycles. The molecule has 25 heavy (non-hydrogen) atoms. The molecular weight excluding hydrogens is 380 g/mol. The van der Waals surface area contributed by atoms with Crippen LogP contribution in [0.4, 0.5) is 0 Å². The van der Waals surface area contributed by atoms with E-state index in [4.69, 9.17) is 0 Å². The van der Waals surface area contributed by atoms with Crippen molar-refractivity contribution < 1.29 is 0 Å². The van der Waals surface area contributed by atoms with Crippen LogP contribution in [-0.4, -0.2) is 24.1 Å². The quantitative estimate of drug-likeness (QED) is 0.562. The Hall–Kier alpha value is -2.51. The summed E-state index contributed by atoms with van der Waals surface area (Å²) in [6, 6.07) is 7.95. The number of fused-ring (bicyclic) bond motifs is 1. The van der Waals surface area contributed by atoms with Gasteiger partial charge < -0.3 is 9.72 Å². The summed E-state index contributed by atoms with van der Waals surface area (Å²) in [5, 5.41) is 8.04. The van der Waals surface area contributed by atoms with Crippen LogP contribution in [-0.2, 0) is 20.1 Å². The van der Waals surface area contributed by atoms with Crippen molar-refractivity contribution in [2.24, 2.45) is 7.05 Å². The molecule has 0 unspecified atom stereocenters. The maximum atomic E-state index is 4.62. The zero-order valence-corrected chi connectivity index (χ0v) is 15.3. The van der Waals surface area contributed by atoms with E-state index < -0.39 is 0 Å². The highest BCUT2D eigenvalue weighted by Gasteiger charge is 2.10. The number of hydrogen-bond acceptors (Lipinski definition) is 4. The van der Waals surface area contributed by atoms with Crippen molar-refractivity contribution >= 4 is 21.6 Å². The van der Waals surface area contributed by atoms with E-state index >= 15 is 0 Å². The van der Waals surface area contributed by atoms with Gasteiger partial charge in [-0.25, -0.2) is 4.98 Å². The molecule has 0 saturated heterocycles. The Kier molecular flexibility index (Phi) is 4.33. The van der Waals surface area contributed by atoms with E-state index in [0.29, 0.717) is 6.54 Å². The summed E-state index contributed by atoms with van der Waals surface area (Å²) in [4.78, 5) is 8.69. The molecule has 4 aromatic heterocycles. The Labute approximate surface area is 153 Å². The first kappa shape index (κ1) is 16.0. The average molecular weight is 397 g/mol. The summed E-state index contributed by atoms with van der Waals surface area (Å²) in [5.41, 5.74) is 5.16. The van der Waals surface area contributed by atoms with Crippen LogP contribution in [0.5, 0.6) is 0 Å². The van der Waals surface area contributed by atoms with Gasteiger partial charge in [0.15, 0.2) is 0 Å². The van der Waals surface area contributed by atoms with E-state index in [1.54, 1.807) is 12.4 Å². The zero-order valence-electron chi connectivity index (χ0n) is 13.7. The zero-order chi connectivity index (χ0) is 17.2. The number of aromatic nitrogens is 5. The first-order chi connectivity index (χ1) is 12.2. The van der Waals surface area contributed by atoms with Crippen molar-refractivity contribution in [1.29, 1.82) is 0 Å². The number of rotatable bonds is 5. The van der Waals surface area contributed by atoms with E-state index in [9.17, 15) is 0 Å². The molecule has 4 rings (SSSR count).